The van der Waals surface area contributed by atoms with Crippen LogP contribution >= 0.6 is 11.8 Å². The number of aromatic nitrogens is 2. The molecule has 210 valence electrons. The number of aryl methyl sites for hydroxylation is 1. The first-order valence-electron chi connectivity index (χ1n) is 13.8. The molecule has 2 N–H and O–H groups in total. The molecule has 9 nitrogen and oxygen atoms in total. The Morgan fingerprint density at radius 2 is 1.97 bits per heavy atom. The van der Waals surface area contributed by atoms with Crippen LogP contribution in [0.25, 0.3) is 0 Å². The van der Waals surface area contributed by atoms with Crippen molar-refractivity contribution in [2.75, 3.05) is 32.8 Å². The maximum absolute atomic E-state index is 13.5. The molecule has 0 radical (unpaired) electrons. The molecule has 0 bridgehead atoms. The lowest BCUT2D eigenvalue weighted by Crippen LogP contribution is -2.50. The molecule has 1 saturated heterocycles. The maximum Gasteiger partial charge on any atom is 0.272 e. The summed E-state index contributed by atoms with van der Waals surface area (Å²) in [7, 11) is 1.73. The van der Waals surface area contributed by atoms with E-state index < -0.39 is 0 Å². The molecule has 39 heavy (non-hydrogen) atoms. The van der Waals surface area contributed by atoms with Gasteiger partial charge in [0.1, 0.15) is 5.69 Å². The van der Waals surface area contributed by atoms with Gasteiger partial charge in [-0.2, -0.15) is 10.4 Å². The number of thioether (sulfide) groups is 1. The Hall–Kier alpha value is -2.87. The van der Waals surface area contributed by atoms with Gasteiger partial charge >= 0.3 is 0 Å². The number of amides is 2. The van der Waals surface area contributed by atoms with Gasteiger partial charge in [0.05, 0.1) is 24.3 Å². The number of fused-ring (bicyclic) bond motifs is 1. The predicted octanol–water partition coefficient (Wildman–Crippen LogP) is 3.28. The number of rotatable bonds is 10. The summed E-state index contributed by atoms with van der Waals surface area (Å²) in [5, 5.41) is 19.5. The SMILES string of the molecule is CC.Cn1nc(C(=O)NCc2ccc(C#N)cc2)c2c1C(=O)N(CC1(SC(C)(C)COC3CNC3)CC1)CC2. The predicted molar refractivity (Wildman–Crippen MR) is 153 cm³/mol. The summed E-state index contributed by atoms with van der Waals surface area (Å²) in [6.07, 6.45) is 3.11. The molecule has 1 aliphatic carbocycles. The minimum Gasteiger partial charge on any atom is -0.374 e. The first kappa shape index (κ1) is 29.1. The molecule has 1 aromatic heterocycles. The third-order valence-corrected chi connectivity index (χ3v) is 8.85. The molecule has 2 fully saturated rings. The number of hydrogen-bond acceptors (Lipinski definition) is 7. The lowest BCUT2D eigenvalue weighted by atomic mass is 10.0. The van der Waals surface area contributed by atoms with Gasteiger partial charge < -0.3 is 20.3 Å². The smallest absolute Gasteiger partial charge is 0.272 e. The number of nitrogens with zero attached hydrogens (tertiary/aromatic N) is 4. The standard InChI is InChI=1S/C27H34N6O3S.C2H6/c1-26(2,17-36-20-14-29-15-20)37-27(9-10-27)16-33-11-8-21-22(31-32(3)23(21)25(33)35)24(34)30-13-19-6-4-18(12-28)5-7-19;1-2/h4-7,20,29H,8-11,13-17H2,1-3H3,(H,30,34);1-2H3. The summed E-state index contributed by atoms with van der Waals surface area (Å²) in [6.45, 7) is 12.6. The van der Waals surface area contributed by atoms with Crippen LogP contribution in [-0.4, -0.2) is 74.9 Å². The van der Waals surface area contributed by atoms with Crippen molar-refractivity contribution in [2.45, 2.75) is 69.1 Å². The van der Waals surface area contributed by atoms with Crippen molar-refractivity contribution in [1.82, 2.24) is 25.3 Å². The summed E-state index contributed by atoms with van der Waals surface area (Å²) in [4.78, 5) is 28.4. The van der Waals surface area contributed by atoms with Crippen molar-refractivity contribution >= 4 is 23.6 Å². The Morgan fingerprint density at radius 1 is 1.28 bits per heavy atom. The zero-order chi connectivity index (χ0) is 28.2. The van der Waals surface area contributed by atoms with E-state index in [1.54, 1.807) is 23.9 Å². The lowest BCUT2D eigenvalue weighted by Gasteiger charge is -2.36. The second-order valence-corrected chi connectivity index (χ2v) is 13.1. The summed E-state index contributed by atoms with van der Waals surface area (Å²) in [6, 6.07) is 9.17. The normalized spacial score (nSPS) is 17.8. The van der Waals surface area contributed by atoms with Crippen LogP contribution < -0.4 is 10.6 Å². The van der Waals surface area contributed by atoms with E-state index in [1.165, 1.54) is 0 Å². The summed E-state index contributed by atoms with van der Waals surface area (Å²) in [5.41, 5.74) is 3.02. The number of benzene rings is 1. The number of ether oxygens (including phenoxy) is 1. The molecule has 2 aromatic rings. The molecule has 1 saturated carbocycles. The fraction of sp³-hybridized carbons (Fsp3) is 0.586. The van der Waals surface area contributed by atoms with E-state index in [0.29, 0.717) is 55.7 Å². The van der Waals surface area contributed by atoms with Gasteiger partial charge in [0.25, 0.3) is 11.8 Å². The molecule has 5 rings (SSSR count). The van der Waals surface area contributed by atoms with Crippen LogP contribution in [-0.2, 0) is 24.8 Å². The van der Waals surface area contributed by atoms with E-state index >= 15 is 0 Å². The van der Waals surface area contributed by atoms with Crippen molar-refractivity contribution in [3.8, 4) is 6.07 Å². The highest BCUT2D eigenvalue weighted by molar-refractivity contribution is 8.02. The Kier molecular flexibility index (Phi) is 9.04. The van der Waals surface area contributed by atoms with Crippen LogP contribution in [0.4, 0.5) is 0 Å². The molecular weight excluding hydrogens is 512 g/mol. The summed E-state index contributed by atoms with van der Waals surface area (Å²) >= 11 is 1.95. The summed E-state index contributed by atoms with van der Waals surface area (Å²) in [5.74, 6) is -0.344. The van der Waals surface area contributed by atoms with Gasteiger partial charge in [-0.05, 0) is 50.8 Å². The van der Waals surface area contributed by atoms with Crippen LogP contribution in [0.2, 0.25) is 0 Å². The average Bonchev–Trinajstić information content (AvgIpc) is 3.55. The highest BCUT2D eigenvalue weighted by atomic mass is 32.2. The molecule has 0 spiro atoms. The number of carbonyl (C=O) groups is 2. The third-order valence-electron chi connectivity index (χ3n) is 7.21. The second-order valence-electron chi connectivity index (χ2n) is 10.9. The van der Waals surface area contributed by atoms with E-state index in [2.05, 4.69) is 35.6 Å². The molecule has 1 aromatic carbocycles. The van der Waals surface area contributed by atoms with Gasteiger partial charge in [-0.1, -0.05) is 26.0 Å². The molecule has 0 unspecified atom stereocenters. The van der Waals surface area contributed by atoms with E-state index in [9.17, 15) is 9.59 Å². The van der Waals surface area contributed by atoms with Crippen molar-refractivity contribution in [2.24, 2.45) is 7.05 Å². The molecular formula is C29H40N6O3S. The van der Waals surface area contributed by atoms with E-state index in [1.807, 2.05) is 42.6 Å². The highest BCUT2D eigenvalue weighted by Crippen LogP contribution is 2.54. The zero-order valence-electron chi connectivity index (χ0n) is 23.7. The topological polar surface area (TPSA) is 112 Å². The van der Waals surface area contributed by atoms with Crippen LogP contribution in [0.5, 0.6) is 0 Å². The largest absolute Gasteiger partial charge is 0.374 e. The van der Waals surface area contributed by atoms with Gasteiger partial charge in [-0.25, -0.2) is 0 Å². The van der Waals surface area contributed by atoms with Crippen LogP contribution in [0.15, 0.2) is 24.3 Å². The maximum atomic E-state index is 13.5. The number of nitrogens with one attached hydrogen (secondary N) is 2. The van der Waals surface area contributed by atoms with Gasteiger partial charge in [-0.15, -0.1) is 11.8 Å². The minimum absolute atomic E-state index is 0.0250. The van der Waals surface area contributed by atoms with Crippen molar-refractivity contribution in [3.05, 3.63) is 52.3 Å². The van der Waals surface area contributed by atoms with Crippen molar-refractivity contribution in [1.29, 1.82) is 5.26 Å². The quantitative estimate of drug-likeness (QED) is 0.465. The minimum atomic E-state index is -0.292. The number of carbonyl (C=O) groups excluding carboxylic acids is 2. The van der Waals surface area contributed by atoms with Crippen molar-refractivity contribution in [3.63, 3.8) is 0 Å². The van der Waals surface area contributed by atoms with E-state index in [0.717, 1.165) is 37.1 Å². The molecule has 2 amide bonds. The Balaban J connectivity index is 0.00000172. The Labute approximate surface area is 235 Å². The fourth-order valence-electron chi connectivity index (χ4n) is 4.96. The molecule has 2 aliphatic heterocycles. The highest BCUT2D eigenvalue weighted by Gasteiger charge is 2.50. The monoisotopic (exact) mass is 552 g/mol. The van der Waals surface area contributed by atoms with Crippen LogP contribution in [0.1, 0.15) is 78.2 Å². The molecule has 10 heteroatoms. The van der Waals surface area contributed by atoms with Gasteiger partial charge in [0.15, 0.2) is 5.69 Å². The zero-order valence-corrected chi connectivity index (χ0v) is 24.5. The Morgan fingerprint density at radius 3 is 2.56 bits per heavy atom. The van der Waals surface area contributed by atoms with Gasteiger partial charge in [-0.3, -0.25) is 14.3 Å². The van der Waals surface area contributed by atoms with Gasteiger partial charge in [0, 0.05) is 54.8 Å². The number of hydrogen-bond donors (Lipinski definition) is 2. The lowest BCUT2D eigenvalue weighted by molar-refractivity contribution is 0.0106. The van der Waals surface area contributed by atoms with Crippen LogP contribution in [0.3, 0.4) is 0 Å². The third kappa shape index (κ3) is 6.83. The van der Waals surface area contributed by atoms with Crippen LogP contribution in [0, 0.1) is 11.3 Å². The first-order chi connectivity index (χ1) is 18.7. The van der Waals surface area contributed by atoms with E-state index in [-0.39, 0.29) is 21.3 Å². The van der Waals surface area contributed by atoms with Gasteiger partial charge in [0.2, 0.25) is 0 Å². The number of nitriles is 1. The average molecular weight is 553 g/mol. The first-order valence-corrected chi connectivity index (χ1v) is 14.7. The summed E-state index contributed by atoms with van der Waals surface area (Å²) < 4.78 is 7.64. The second kappa shape index (κ2) is 12.1. The van der Waals surface area contributed by atoms with Crippen molar-refractivity contribution < 1.29 is 14.3 Å². The molecule has 3 heterocycles. The molecule has 3 aliphatic rings. The fourth-order valence-corrected chi connectivity index (χ4v) is 6.79. The van der Waals surface area contributed by atoms with E-state index in [4.69, 9.17) is 10.00 Å². The Bertz CT molecular complexity index is 1220. The molecule has 0 atom stereocenters.